The molecule has 5 heterocycles. The van der Waals surface area contributed by atoms with Crippen LogP contribution in [0.5, 0.6) is 17.4 Å². The molecule has 0 spiro atoms. The molecule has 2 saturated heterocycles. The van der Waals surface area contributed by atoms with E-state index in [0.29, 0.717) is 55.8 Å². The number of cyclic esters (lactones) is 1. The van der Waals surface area contributed by atoms with E-state index in [1.807, 2.05) is 12.1 Å². The number of carbonyl (C=O) groups excluding carboxylic acids is 2. The third kappa shape index (κ3) is 4.52. The van der Waals surface area contributed by atoms with Gasteiger partial charge in [-0.25, -0.2) is 9.78 Å². The zero-order valence-corrected chi connectivity index (χ0v) is 20.4. The number of ether oxygens (including phenoxy) is 4. The first-order valence-electron chi connectivity index (χ1n) is 12.3. The fraction of sp³-hybridized carbons (Fsp3) is 0.385. The maximum Gasteiger partial charge on any atom is 0.414 e. The van der Waals surface area contributed by atoms with Crippen LogP contribution in [0, 0.1) is 5.92 Å². The standard InChI is InChI=1S/C26H27N5O6/c1-34-23-5-3-19-24(29-23)20(6-8-27-19)30-9-7-16(14-30)25(32)28-13-18-15-31(26(33)37-18)17-2-4-21-22(12-17)36-11-10-35-21/h2-6,8,12,16,18H,7,9-11,13-15H2,1H3,(H,28,32)/t16-,18+/m0/s1. The van der Waals surface area contributed by atoms with Crippen molar-refractivity contribution in [2.24, 2.45) is 5.92 Å². The van der Waals surface area contributed by atoms with Gasteiger partial charge in [-0.15, -0.1) is 0 Å². The van der Waals surface area contributed by atoms with Crippen molar-refractivity contribution in [3.05, 3.63) is 42.6 Å². The molecule has 2 aromatic heterocycles. The van der Waals surface area contributed by atoms with Gasteiger partial charge in [0.2, 0.25) is 11.8 Å². The summed E-state index contributed by atoms with van der Waals surface area (Å²) in [7, 11) is 1.58. The first kappa shape index (κ1) is 23.1. The van der Waals surface area contributed by atoms with Gasteiger partial charge in [0.05, 0.1) is 43.0 Å². The van der Waals surface area contributed by atoms with Gasteiger partial charge in [0.1, 0.15) is 24.8 Å². The van der Waals surface area contributed by atoms with Crippen molar-refractivity contribution in [1.29, 1.82) is 0 Å². The molecule has 3 aliphatic heterocycles. The van der Waals surface area contributed by atoms with Gasteiger partial charge < -0.3 is 29.2 Å². The van der Waals surface area contributed by atoms with E-state index in [1.54, 1.807) is 42.5 Å². The lowest BCUT2D eigenvalue weighted by atomic mass is 10.1. The third-order valence-corrected chi connectivity index (χ3v) is 6.86. The Morgan fingerprint density at radius 1 is 1.14 bits per heavy atom. The van der Waals surface area contributed by atoms with Crippen molar-refractivity contribution in [2.45, 2.75) is 12.5 Å². The number of carbonyl (C=O) groups is 2. The van der Waals surface area contributed by atoms with E-state index in [4.69, 9.17) is 18.9 Å². The van der Waals surface area contributed by atoms with Gasteiger partial charge in [0.25, 0.3) is 0 Å². The van der Waals surface area contributed by atoms with Crippen LogP contribution < -0.4 is 29.3 Å². The van der Waals surface area contributed by atoms with E-state index in [2.05, 4.69) is 20.2 Å². The lowest BCUT2D eigenvalue weighted by Crippen LogP contribution is -2.39. The second-order valence-corrected chi connectivity index (χ2v) is 9.17. The molecular weight excluding hydrogens is 478 g/mol. The Morgan fingerprint density at radius 3 is 2.86 bits per heavy atom. The zero-order valence-electron chi connectivity index (χ0n) is 20.4. The highest BCUT2D eigenvalue weighted by atomic mass is 16.6. The summed E-state index contributed by atoms with van der Waals surface area (Å²) in [5, 5.41) is 2.97. The van der Waals surface area contributed by atoms with Crippen molar-refractivity contribution >= 4 is 34.4 Å². The molecule has 3 aliphatic rings. The van der Waals surface area contributed by atoms with Crippen molar-refractivity contribution in [3.8, 4) is 17.4 Å². The minimum atomic E-state index is -0.449. The molecule has 3 aromatic rings. The van der Waals surface area contributed by atoms with Crippen LogP contribution in [-0.2, 0) is 9.53 Å². The summed E-state index contributed by atoms with van der Waals surface area (Å²) in [6.45, 7) is 2.86. The van der Waals surface area contributed by atoms with Gasteiger partial charge in [-0.2, -0.15) is 0 Å². The second kappa shape index (κ2) is 9.64. The molecule has 11 nitrogen and oxygen atoms in total. The number of rotatable bonds is 6. The molecule has 0 saturated carbocycles. The van der Waals surface area contributed by atoms with Crippen LogP contribution >= 0.6 is 0 Å². The largest absolute Gasteiger partial charge is 0.486 e. The smallest absolute Gasteiger partial charge is 0.414 e. The topological polar surface area (TPSA) is 115 Å². The first-order valence-corrected chi connectivity index (χ1v) is 12.3. The predicted octanol–water partition coefficient (Wildman–Crippen LogP) is 2.38. The number of aromatic nitrogens is 2. The molecule has 2 atom stereocenters. The summed E-state index contributed by atoms with van der Waals surface area (Å²) >= 11 is 0. The Bertz CT molecular complexity index is 1350. The van der Waals surface area contributed by atoms with E-state index in [0.717, 1.165) is 23.3 Å². The Balaban J connectivity index is 1.06. The molecular formula is C26H27N5O6. The Labute approximate surface area is 213 Å². The molecule has 1 N–H and O–H groups in total. The predicted molar refractivity (Wildman–Crippen MR) is 134 cm³/mol. The minimum Gasteiger partial charge on any atom is -0.486 e. The average molecular weight is 506 g/mol. The van der Waals surface area contributed by atoms with Crippen LogP contribution in [-0.4, -0.2) is 74.6 Å². The molecule has 2 fully saturated rings. The SMILES string of the molecule is COc1ccc2nccc(N3CC[C@H](C(=O)NC[C@@H]4CN(c5ccc6c(c5)OCCO6)C(=O)O4)C3)c2n1. The highest BCUT2D eigenvalue weighted by Gasteiger charge is 2.35. The maximum absolute atomic E-state index is 13.0. The quantitative estimate of drug-likeness (QED) is 0.539. The molecule has 0 unspecified atom stereocenters. The van der Waals surface area contributed by atoms with E-state index >= 15 is 0 Å². The average Bonchev–Trinajstić information content (AvgIpc) is 3.58. The monoisotopic (exact) mass is 505 g/mol. The van der Waals surface area contributed by atoms with Crippen LogP contribution in [0.2, 0.25) is 0 Å². The van der Waals surface area contributed by atoms with Crippen LogP contribution in [0.3, 0.4) is 0 Å². The number of nitrogens with zero attached hydrogens (tertiary/aromatic N) is 4. The molecule has 11 heteroatoms. The van der Waals surface area contributed by atoms with Gasteiger partial charge >= 0.3 is 6.09 Å². The number of methoxy groups -OCH3 is 1. The van der Waals surface area contributed by atoms with Crippen LogP contribution in [0.4, 0.5) is 16.2 Å². The number of fused-ring (bicyclic) bond motifs is 2. The van der Waals surface area contributed by atoms with Crippen molar-refractivity contribution in [1.82, 2.24) is 15.3 Å². The molecule has 192 valence electrons. The summed E-state index contributed by atoms with van der Waals surface area (Å²) in [5.74, 6) is 1.55. The molecule has 0 bridgehead atoms. The number of nitrogens with one attached hydrogen (secondary N) is 1. The fourth-order valence-corrected chi connectivity index (χ4v) is 4.95. The second-order valence-electron chi connectivity index (χ2n) is 9.17. The summed E-state index contributed by atoms with van der Waals surface area (Å²) in [4.78, 5) is 38.1. The lowest BCUT2D eigenvalue weighted by molar-refractivity contribution is -0.124. The van der Waals surface area contributed by atoms with Gasteiger partial charge in [-0.1, -0.05) is 0 Å². The van der Waals surface area contributed by atoms with E-state index in [1.165, 1.54) is 0 Å². The highest BCUT2D eigenvalue weighted by Crippen LogP contribution is 2.35. The van der Waals surface area contributed by atoms with Crippen molar-refractivity contribution in [2.75, 3.05) is 56.3 Å². The zero-order chi connectivity index (χ0) is 25.4. The van der Waals surface area contributed by atoms with Gasteiger partial charge in [0.15, 0.2) is 11.5 Å². The van der Waals surface area contributed by atoms with Crippen LogP contribution in [0.25, 0.3) is 11.0 Å². The molecule has 0 radical (unpaired) electrons. The normalized spacial score (nSPS) is 20.7. The Kier molecular flexibility index (Phi) is 6.03. The summed E-state index contributed by atoms with van der Waals surface area (Å²) < 4.78 is 22.0. The summed E-state index contributed by atoms with van der Waals surface area (Å²) in [5.41, 5.74) is 3.13. The molecule has 37 heavy (non-hydrogen) atoms. The van der Waals surface area contributed by atoms with Crippen LogP contribution in [0.15, 0.2) is 42.6 Å². The van der Waals surface area contributed by atoms with E-state index in [9.17, 15) is 9.59 Å². The van der Waals surface area contributed by atoms with Gasteiger partial charge in [-0.05, 0) is 30.7 Å². The molecule has 1 aromatic carbocycles. The summed E-state index contributed by atoms with van der Waals surface area (Å²) in [6, 6.07) is 10.9. The Hall–Kier alpha value is -4.28. The van der Waals surface area contributed by atoms with Crippen molar-refractivity contribution < 1.29 is 28.5 Å². The summed E-state index contributed by atoms with van der Waals surface area (Å²) in [6.07, 6.45) is 1.58. The van der Waals surface area contributed by atoms with E-state index in [-0.39, 0.29) is 18.4 Å². The maximum atomic E-state index is 13.0. The van der Waals surface area contributed by atoms with Gasteiger partial charge in [-0.3, -0.25) is 14.7 Å². The molecule has 0 aliphatic carbocycles. The third-order valence-electron chi connectivity index (χ3n) is 6.86. The van der Waals surface area contributed by atoms with Crippen molar-refractivity contribution in [3.63, 3.8) is 0 Å². The molecule has 6 rings (SSSR count). The van der Waals surface area contributed by atoms with E-state index < -0.39 is 12.2 Å². The lowest BCUT2D eigenvalue weighted by Gasteiger charge is -2.21. The number of hydrogen-bond acceptors (Lipinski definition) is 9. The highest BCUT2D eigenvalue weighted by molar-refractivity contribution is 5.91. The van der Waals surface area contributed by atoms with Crippen LogP contribution in [0.1, 0.15) is 6.42 Å². The number of benzene rings is 1. The number of amides is 2. The minimum absolute atomic E-state index is 0.0553. The number of pyridine rings is 2. The number of hydrogen-bond donors (Lipinski definition) is 1. The first-order chi connectivity index (χ1) is 18.1. The molecule has 2 amide bonds. The number of anilines is 2. The Morgan fingerprint density at radius 2 is 2.00 bits per heavy atom. The van der Waals surface area contributed by atoms with Gasteiger partial charge in [0, 0.05) is 31.4 Å². The fourth-order valence-electron chi connectivity index (χ4n) is 4.95.